The zero-order valence-electron chi connectivity index (χ0n) is 10.7. The minimum atomic E-state index is -0.286. The summed E-state index contributed by atoms with van der Waals surface area (Å²) in [7, 11) is 0. The van der Waals surface area contributed by atoms with Crippen molar-refractivity contribution in [1.29, 1.82) is 0 Å². The van der Waals surface area contributed by atoms with Gasteiger partial charge >= 0.3 is 0 Å². The van der Waals surface area contributed by atoms with Crippen molar-refractivity contribution in [2.24, 2.45) is 0 Å². The summed E-state index contributed by atoms with van der Waals surface area (Å²) in [6.45, 7) is 3.52. The molecule has 0 spiro atoms. The van der Waals surface area contributed by atoms with E-state index >= 15 is 0 Å². The summed E-state index contributed by atoms with van der Waals surface area (Å²) in [5, 5.41) is 2.75. The Kier molecular flexibility index (Phi) is 3.90. The lowest BCUT2D eigenvalue weighted by Gasteiger charge is -2.09. The molecule has 0 saturated heterocycles. The number of anilines is 1. The minimum Gasteiger partial charge on any atom is -0.322 e. The predicted molar refractivity (Wildman–Crippen MR) is 77.5 cm³/mol. The molecule has 1 N–H and O–H groups in total. The molecule has 0 atom stereocenters. The Morgan fingerprint density at radius 2 is 1.84 bits per heavy atom. The summed E-state index contributed by atoms with van der Waals surface area (Å²) >= 11 is 4.22. The monoisotopic (exact) mass is 275 g/mol. The number of nitrogens with one attached hydrogen (secondary N) is 1. The molecule has 0 aliphatic rings. The van der Waals surface area contributed by atoms with Gasteiger partial charge in [-0.25, -0.2) is 4.39 Å². The molecule has 2 rings (SSSR count). The number of amides is 1. The first-order valence-electron chi connectivity index (χ1n) is 5.84. The quantitative estimate of drug-likeness (QED) is 0.797. The van der Waals surface area contributed by atoms with E-state index in [1.54, 1.807) is 25.1 Å². The van der Waals surface area contributed by atoms with Gasteiger partial charge in [0, 0.05) is 16.1 Å². The van der Waals surface area contributed by atoms with Gasteiger partial charge in [0.25, 0.3) is 5.91 Å². The van der Waals surface area contributed by atoms with Gasteiger partial charge in [-0.05, 0) is 55.3 Å². The Balaban J connectivity index is 2.25. The molecule has 0 aromatic heterocycles. The van der Waals surface area contributed by atoms with Gasteiger partial charge in [-0.2, -0.15) is 0 Å². The first kappa shape index (κ1) is 13.6. The molecule has 0 saturated carbocycles. The first-order valence-corrected chi connectivity index (χ1v) is 6.29. The molecule has 2 aromatic rings. The molecule has 2 nitrogen and oxygen atoms in total. The number of carbonyl (C=O) groups is 1. The highest BCUT2D eigenvalue weighted by molar-refractivity contribution is 7.80. The van der Waals surface area contributed by atoms with E-state index in [9.17, 15) is 9.18 Å². The summed E-state index contributed by atoms with van der Waals surface area (Å²) in [6.07, 6.45) is 0. The molecule has 0 fully saturated rings. The highest BCUT2D eigenvalue weighted by Crippen LogP contribution is 2.18. The van der Waals surface area contributed by atoms with Crippen LogP contribution < -0.4 is 5.32 Å². The SMILES string of the molecule is Cc1cc(NC(=O)c2cc(S)ccc2C)ccc1F. The largest absolute Gasteiger partial charge is 0.322 e. The van der Waals surface area contributed by atoms with Crippen molar-refractivity contribution in [2.45, 2.75) is 18.7 Å². The Morgan fingerprint density at radius 3 is 2.53 bits per heavy atom. The lowest BCUT2D eigenvalue weighted by atomic mass is 10.1. The maximum Gasteiger partial charge on any atom is 0.255 e. The van der Waals surface area contributed by atoms with Gasteiger partial charge in [-0.15, -0.1) is 12.6 Å². The maximum absolute atomic E-state index is 13.2. The van der Waals surface area contributed by atoms with Crippen LogP contribution in [0.5, 0.6) is 0 Å². The molecule has 0 unspecified atom stereocenters. The van der Waals surface area contributed by atoms with E-state index in [0.717, 1.165) is 10.5 Å². The van der Waals surface area contributed by atoms with Crippen LogP contribution in [-0.2, 0) is 0 Å². The Morgan fingerprint density at radius 1 is 1.11 bits per heavy atom. The van der Waals surface area contributed by atoms with Crippen LogP contribution in [0.1, 0.15) is 21.5 Å². The van der Waals surface area contributed by atoms with E-state index in [2.05, 4.69) is 17.9 Å². The van der Waals surface area contributed by atoms with Crippen molar-refractivity contribution in [3.63, 3.8) is 0 Å². The van der Waals surface area contributed by atoms with Gasteiger partial charge in [-0.1, -0.05) is 6.07 Å². The van der Waals surface area contributed by atoms with Gasteiger partial charge < -0.3 is 5.32 Å². The van der Waals surface area contributed by atoms with Crippen molar-refractivity contribution in [2.75, 3.05) is 5.32 Å². The number of hydrogen-bond donors (Lipinski definition) is 2. The van der Waals surface area contributed by atoms with Crippen LogP contribution >= 0.6 is 12.6 Å². The van der Waals surface area contributed by atoms with Crippen molar-refractivity contribution >= 4 is 24.2 Å². The average molecular weight is 275 g/mol. The zero-order chi connectivity index (χ0) is 14.0. The molecule has 1 amide bonds. The van der Waals surface area contributed by atoms with E-state index in [1.165, 1.54) is 6.07 Å². The molecule has 0 aliphatic heterocycles. The normalized spacial score (nSPS) is 10.3. The van der Waals surface area contributed by atoms with E-state index < -0.39 is 0 Å². The van der Waals surface area contributed by atoms with Crippen molar-refractivity contribution in [3.05, 3.63) is 58.9 Å². The lowest BCUT2D eigenvalue weighted by molar-refractivity contribution is 0.102. The molecule has 0 bridgehead atoms. The van der Waals surface area contributed by atoms with Crippen LogP contribution in [-0.4, -0.2) is 5.91 Å². The smallest absolute Gasteiger partial charge is 0.255 e. The molecular weight excluding hydrogens is 261 g/mol. The van der Waals surface area contributed by atoms with Crippen LogP contribution in [0.3, 0.4) is 0 Å². The van der Waals surface area contributed by atoms with Gasteiger partial charge in [0.15, 0.2) is 0 Å². The maximum atomic E-state index is 13.2. The van der Waals surface area contributed by atoms with E-state index in [1.807, 2.05) is 19.1 Å². The second-order valence-electron chi connectivity index (χ2n) is 4.42. The molecular formula is C15H14FNOS. The third-order valence-corrected chi connectivity index (χ3v) is 3.16. The number of halogens is 1. The lowest BCUT2D eigenvalue weighted by Crippen LogP contribution is -2.13. The van der Waals surface area contributed by atoms with Crippen molar-refractivity contribution in [3.8, 4) is 0 Å². The average Bonchev–Trinajstić information content (AvgIpc) is 2.36. The number of hydrogen-bond acceptors (Lipinski definition) is 2. The van der Waals surface area contributed by atoms with Crippen LogP contribution in [0.4, 0.5) is 10.1 Å². The van der Waals surface area contributed by atoms with Crippen LogP contribution in [0.25, 0.3) is 0 Å². The fourth-order valence-corrected chi connectivity index (χ4v) is 1.98. The summed E-state index contributed by atoms with van der Waals surface area (Å²) < 4.78 is 13.2. The van der Waals surface area contributed by atoms with E-state index in [-0.39, 0.29) is 11.7 Å². The fraction of sp³-hybridized carbons (Fsp3) is 0.133. The number of aryl methyl sites for hydroxylation is 2. The van der Waals surface area contributed by atoms with Gasteiger partial charge in [0.2, 0.25) is 0 Å². The second-order valence-corrected chi connectivity index (χ2v) is 4.93. The molecule has 19 heavy (non-hydrogen) atoms. The van der Waals surface area contributed by atoms with E-state index in [0.29, 0.717) is 16.8 Å². The van der Waals surface area contributed by atoms with Crippen LogP contribution in [0.2, 0.25) is 0 Å². The number of thiol groups is 1. The Hall–Kier alpha value is -1.81. The Bertz CT molecular complexity index is 640. The molecule has 0 aliphatic carbocycles. The molecule has 0 radical (unpaired) electrons. The summed E-state index contributed by atoms with van der Waals surface area (Å²) in [4.78, 5) is 12.9. The number of rotatable bonds is 2. The highest BCUT2D eigenvalue weighted by Gasteiger charge is 2.10. The summed E-state index contributed by atoms with van der Waals surface area (Å²) in [5.74, 6) is -0.508. The third kappa shape index (κ3) is 3.15. The zero-order valence-corrected chi connectivity index (χ0v) is 11.6. The Labute approximate surface area is 117 Å². The minimum absolute atomic E-state index is 0.223. The summed E-state index contributed by atoms with van der Waals surface area (Å²) in [6, 6.07) is 9.87. The predicted octanol–water partition coefficient (Wildman–Crippen LogP) is 3.98. The standard InChI is InChI=1S/C15H14FNOS/c1-9-3-5-12(19)8-13(9)15(18)17-11-4-6-14(16)10(2)7-11/h3-8,19H,1-2H3,(H,17,18). The highest BCUT2D eigenvalue weighted by atomic mass is 32.1. The van der Waals surface area contributed by atoms with Gasteiger partial charge in [0.1, 0.15) is 5.82 Å². The van der Waals surface area contributed by atoms with Crippen LogP contribution in [0, 0.1) is 19.7 Å². The fourth-order valence-electron chi connectivity index (χ4n) is 1.78. The summed E-state index contributed by atoms with van der Waals surface area (Å²) in [5.41, 5.74) is 2.51. The number of benzene rings is 2. The van der Waals surface area contributed by atoms with Gasteiger partial charge in [-0.3, -0.25) is 4.79 Å². The topological polar surface area (TPSA) is 29.1 Å². The first-order chi connectivity index (χ1) is 8.97. The molecule has 4 heteroatoms. The molecule has 2 aromatic carbocycles. The van der Waals surface area contributed by atoms with Gasteiger partial charge in [0.05, 0.1) is 0 Å². The van der Waals surface area contributed by atoms with E-state index in [4.69, 9.17) is 0 Å². The van der Waals surface area contributed by atoms with Crippen molar-refractivity contribution < 1.29 is 9.18 Å². The number of carbonyl (C=O) groups excluding carboxylic acids is 1. The molecule has 0 heterocycles. The third-order valence-electron chi connectivity index (χ3n) is 2.88. The van der Waals surface area contributed by atoms with Crippen molar-refractivity contribution in [1.82, 2.24) is 0 Å². The second kappa shape index (κ2) is 5.45. The molecule has 98 valence electrons. The van der Waals surface area contributed by atoms with Crippen LogP contribution in [0.15, 0.2) is 41.3 Å².